The van der Waals surface area contributed by atoms with Gasteiger partial charge in [0.2, 0.25) is 0 Å². The summed E-state index contributed by atoms with van der Waals surface area (Å²) in [6.07, 6.45) is 2.62. The molecule has 1 saturated carbocycles. The number of methoxy groups -OCH3 is 1. The Morgan fingerprint density at radius 3 is 2.76 bits per heavy atom. The van der Waals surface area contributed by atoms with Crippen molar-refractivity contribution in [3.63, 3.8) is 0 Å². The van der Waals surface area contributed by atoms with Crippen molar-refractivity contribution in [2.45, 2.75) is 31.4 Å². The van der Waals surface area contributed by atoms with Gasteiger partial charge in [-0.15, -0.1) is 0 Å². The predicted octanol–water partition coefficient (Wildman–Crippen LogP) is 2.21. The monoisotopic (exact) mass is 296 g/mol. The molecule has 1 aromatic carbocycles. The Labute approximate surface area is 121 Å². The van der Waals surface area contributed by atoms with Crippen molar-refractivity contribution in [3.8, 4) is 0 Å². The minimum atomic E-state index is -1.38. The Morgan fingerprint density at radius 1 is 1.38 bits per heavy atom. The van der Waals surface area contributed by atoms with E-state index in [0.717, 1.165) is 31.4 Å². The van der Waals surface area contributed by atoms with Crippen LogP contribution >= 0.6 is 0 Å². The predicted molar refractivity (Wildman–Crippen MR) is 73.9 cm³/mol. The first-order chi connectivity index (χ1) is 9.99. The van der Waals surface area contributed by atoms with Crippen molar-refractivity contribution >= 4 is 17.7 Å². The number of aromatic carboxylic acids is 1. The number of hydrogen-bond acceptors (Lipinski definition) is 3. The highest BCUT2D eigenvalue weighted by molar-refractivity contribution is 5.93. The van der Waals surface area contributed by atoms with E-state index in [1.807, 2.05) is 0 Å². The van der Waals surface area contributed by atoms with Crippen LogP contribution in [0.15, 0.2) is 18.2 Å². The molecular formula is C14H17FN2O4. The first kappa shape index (κ1) is 15.2. The number of urea groups is 1. The molecule has 7 heteroatoms. The highest BCUT2D eigenvalue weighted by Crippen LogP contribution is 2.21. The molecule has 0 saturated heterocycles. The smallest absolute Gasteiger partial charge is 0.338 e. The number of nitrogens with one attached hydrogen (secondary N) is 2. The molecule has 1 fully saturated rings. The second kappa shape index (κ2) is 6.53. The van der Waals surface area contributed by atoms with Crippen LogP contribution in [0.25, 0.3) is 0 Å². The van der Waals surface area contributed by atoms with Crippen molar-refractivity contribution in [1.82, 2.24) is 5.32 Å². The second-order valence-electron chi connectivity index (χ2n) is 4.97. The van der Waals surface area contributed by atoms with Crippen LogP contribution in [0.1, 0.15) is 29.6 Å². The lowest BCUT2D eigenvalue weighted by molar-refractivity contribution is 0.0692. The Morgan fingerprint density at radius 2 is 2.14 bits per heavy atom. The zero-order valence-electron chi connectivity index (χ0n) is 11.6. The van der Waals surface area contributed by atoms with Gasteiger partial charge < -0.3 is 20.5 Å². The van der Waals surface area contributed by atoms with Crippen LogP contribution < -0.4 is 10.6 Å². The number of amides is 2. The molecule has 2 rings (SSSR count). The fourth-order valence-electron chi connectivity index (χ4n) is 2.40. The Kier molecular flexibility index (Phi) is 4.74. The van der Waals surface area contributed by atoms with Crippen molar-refractivity contribution < 1.29 is 23.8 Å². The summed E-state index contributed by atoms with van der Waals surface area (Å²) in [5, 5.41) is 14.1. The van der Waals surface area contributed by atoms with Gasteiger partial charge in [0.25, 0.3) is 0 Å². The summed E-state index contributed by atoms with van der Waals surface area (Å²) >= 11 is 0. The summed E-state index contributed by atoms with van der Waals surface area (Å²) in [6.45, 7) is 0. The molecule has 1 aromatic rings. The molecule has 0 radical (unpaired) electrons. The Bertz CT molecular complexity index is 550. The zero-order chi connectivity index (χ0) is 15.4. The molecule has 1 aliphatic rings. The van der Waals surface area contributed by atoms with Crippen LogP contribution in [0.2, 0.25) is 0 Å². The van der Waals surface area contributed by atoms with Crippen molar-refractivity contribution in [3.05, 3.63) is 29.6 Å². The number of carbonyl (C=O) groups excluding carboxylic acids is 1. The Hall–Kier alpha value is -2.15. The van der Waals surface area contributed by atoms with Gasteiger partial charge in [0, 0.05) is 18.8 Å². The lowest BCUT2D eigenvalue weighted by atomic mass is 10.2. The van der Waals surface area contributed by atoms with Gasteiger partial charge in [-0.2, -0.15) is 0 Å². The maximum atomic E-state index is 13.2. The molecule has 2 atom stereocenters. The third-order valence-electron chi connectivity index (χ3n) is 3.51. The van der Waals surface area contributed by atoms with Crippen LogP contribution in [0, 0.1) is 5.82 Å². The van der Waals surface area contributed by atoms with Crippen LogP contribution in [0.5, 0.6) is 0 Å². The summed E-state index contributed by atoms with van der Waals surface area (Å²) in [4.78, 5) is 22.7. The fourth-order valence-corrected chi connectivity index (χ4v) is 2.40. The van der Waals surface area contributed by atoms with Crippen molar-refractivity contribution in [2.24, 2.45) is 0 Å². The van der Waals surface area contributed by atoms with E-state index in [-0.39, 0.29) is 17.8 Å². The van der Waals surface area contributed by atoms with E-state index in [0.29, 0.717) is 0 Å². The van der Waals surface area contributed by atoms with E-state index in [9.17, 15) is 14.0 Å². The summed E-state index contributed by atoms with van der Waals surface area (Å²) in [5.74, 6) is -2.22. The van der Waals surface area contributed by atoms with Crippen LogP contribution in [-0.4, -0.2) is 36.4 Å². The minimum Gasteiger partial charge on any atom is -0.478 e. The molecule has 0 heterocycles. The van der Waals surface area contributed by atoms with Gasteiger partial charge in [0.1, 0.15) is 5.82 Å². The average molecular weight is 296 g/mol. The quantitative estimate of drug-likeness (QED) is 0.795. The minimum absolute atomic E-state index is 0.0225. The van der Waals surface area contributed by atoms with E-state index in [2.05, 4.69) is 10.6 Å². The number of hydrogen-bond donors (Lipinski definition) is 3. The fraction of sp³-hybridized carbons (Fsp3) is 0.429. The standard InChI is InChI=1S/C14H17FN2O4/c1-21-10-4-2-8(6-10)16-14(20)17-9-3-5-12(15)11(7-9)13(18)19/h3,5,7-8,10H,2,4,6H2,1H3,(H,18,19)(H2,16,17,20). The van der Waals surface area contributed by atoms with Crippen molar-refractivity contribution in [2.75, 3.05) is 12.4 Å². The molecule has 1 aliphatic carbocycles. The third kappa shape index (κ3) is 3.91. The Balaban J connectivity index is 1.94. The van der Waals surface area contributed by atoms with E-state index in [1.54, 1.807) is 7.11 Å². The first-order valence-electron chi connectivity index (χ1n) is 6.62. The number of carboxylic acid groups (broad SMARTS) is 1. The van der Waals surface area contributed by atoms with Gasteiger partial charge in [-0.05, 0) is 37.5 Å². The molecular weight excluding hydrogens is 279 g/mol. The first-order valence-corrected chi connectivity index (χ1v) is 6.62. The number of carbonyl (C=O) groups is 2. The molecule has 0 bridgehead atoms. The van der Waals surface area contributed by atoms with E-state index >= 15 is 0 Å². The summed E-state index contributed by atoms with van der Waals surface area (Å²) in [7, 11) is 1.64. The molecule has 3 N–H and O–H groups in total. The molecule has 0 aromatic heterocycles. The van der Waals surface area contributed by atoms with Gasteiger partial charge in [0.05, 0.1) is 11.7 Å². The zero-order valence-corrected chi connectivity index (χ0v) is 11.6. The van der Waals surface area contributed by atoms with Crippen molar-refractivity contribution in [1.29, 1.82) is 0 Å². The average Bonchev–Trinajstić information content (AvgIpc) is 2.88. The number of benzene rings is 1. The normalized spacial score (nSPS) is 21.0. The molecule has 0 aliphatic heterocycles. The van der Waals surface area contributed by atoms with Gasteiger partial charge in [-0.1, -0.05) is 0 Å². The van der Waals surface area contributed by atoms with Crippen LogP contribution in [-0.2, 0) is 4.74 Å². The second-order valence-corrected chi connectivity index (χ2v) is 4.97. The highest BCUT2D eigenvalue weighted by Gasteiger charge is 2.25. The summed E-state index contributed by atoms with van der Waals surface area (Å²) < 4.78 is 18.5. The lowest BCUT2D eigenvalue weighted by Crippen LogP contribution is -2.36. The number of ether oxygens (including phenoxy) is 1. The molecule has 2 unspecified atom stereocenters. The van der Waals surface area contributed by atoms with Gasteiger partial charge >= 0.3 is 12.0 Å². The number of halogens is 1. The molecule has 6 nitrogen and oxygen atoms in total. The van der Waals surface area contributed by atoms with Gasteiger partial charge in [-0.3, -0.25) is 0 Å². The molecule has 2 amide bonds. The molecule has 114 valence electrons. The maximum absolute atomic E-state index is 13.2. The third-order valence-corrected chi connectivity index (χ3v) is 3.51. The van der Waals surface area contributed by atoms with E-state index in [4.69, 9.17) is 9.84 Å². The van der Waals surface area contributed by atoms with Crippen LogP contribution in [0.3, 0.4) is 0 Å². The SMILES string of the molecule is COC1CCC(NC(=O)Nc2ccc(F)c(C(=O)O)c2)C1. The van der Waals surface area contributed by atoms with Crippen LogP contribution in [0.4, 0.5) is 14.9 Å². The molecule has 0 spiro atoms. The number of rotatable bonds is 4. The van der Waals surface area contributed by atoms with E-state index < -0.39 is 23.4 Å². The van der Waals surface area contributed by atoms with E-state index in [1.165, 1.54) is 6.07 Å². The molecule has 21 heavy (non-hydrogen) atoms. The summed E-state index contributed by atoms with van der Waals surface area (Å²) in [6, 6.07) is 2.99. The number of carboxylic acids is 1. The lowest BCUT2D eigenvalue weighted by Gasteiger charge is -2.14. The maximum Gasteiger partial charge on any atom is 0.338 e. The van der Waals surface area contributed by atoms with Gasteiger partial charge in [0.15, 0.2) is 0 Å². The highest BCUT2D eigenvalue weighted by atomic mass is 19.1. The number of anilines is 1. The van der Waals surface area contributed by atoms with Gasteiger partial charge in [-0.25, -0.2) is 14.0 Å². The summed E-state index contributed by atoms with van der Waals surface area (Å²) in [5.41, 5.74) is -0.249. The topological polar surface area (TPSA) is 87.7 Å². The largest absolute Gasteiger partial charge is 0.478 e.